The highest BCUT2D eigenvalue weighted by molar-refractivity contribution is 8.00. The number of amides is 1. The van der Waals surface area contributed by atoms with Crippen LogP contribution in [0.5, 0.6) is 0 Å². The first-order valence-electron chi connectivity index (χ1n) is 8.80. The van der Waals surface area contributed by atoms with Gasteiger partial charge in [-0.3, -0.25) is 4.79 Å². The molecule has 3 aromatic heterocycles. The number of aromatic nitrogens is 3. The molecule has 5 nitrogen and oxygen atoms in total. The molecule has 0 unspecified atom stereocenters. The predicted octanol–water partition coefficient (Wildman–Crippen LogP) is 4.62. The van der Waals surface area contributed by atoms with Gasteiger partial charge in [-0.05, 0) is 31.2 Å². The van der Waals surface area contributed by atoms with E-state index in [1.807, 2.05) is 23.3 Å². The lowest BCUT2D eigenvalue weighted by Crippen LogP contribution is -2.33. The van der Waals surface area contributed by atoms with Crippen LogP contribution in [-0.2, 0) is 4.79 Å². The van der Waals surface area contributed by atoms with Gasteiger partial charge in [-0.1, -0.05) is 30.7 Å². The van der Waals surface area contributed by atoms with Gasteiger partial charge in [-0.15, -0.1) is 32.9 Å². The molecule has 0 saturated carbocycles. The molecule has 1 saturated heterocycles. The van der Waals surface area contributed by atoms with Gasteiger partial charge >= 0.3 is 0 Å². The minimum Gasteiger partial charge on any atom is -0.342 e. The lowest BCUT2D eigenvalue weighted by atomic mass is 10.2. The number of thiazole rings is 1. The Morgan fingerprint density at radius 3 is 2.77 bits per heavy atom. The first-order valence-corrected chi connectivity index (χ1v) is 11.5. The van der Waals surface area contributed by atoms with Crippen molar-refractivity contribution in [1.82, 2.24) is 20.1 Å². The molecule has 0 bridgehead atoms. The van der Waals surface area contributed by atoms with Crippen molar-refractivity contribution in [2.75, 3.05) is 18.8 Å². The number of likely N-dealkylation sites (tertiary alicyclic amines) is 1. The molecule has 0 N–H and O–H groups in total. The second-order valence-electron chi connectivity index (χ2n) is 6.33. The molecule has 0 atom stereocenters. The number of rotatable bonds is 4. The number of fused-ring (bicyclic) bond motifs is 1. The maximum Gasteiger partial charge on any atom is 0.232 e. The molecular weight excluding hydrogens is 384 g/mol. The third kappa shape index (κ3) is 3.77. The van der Waals surface area contributed by atoms with Gasteiger partial charge in [0.2, 0.25) is 5.91 Å². The van der Waals surface area contributed by atoms with E-state index < -0.39 is 0 Å². The van der Waals surface area contributed by atoms with Crippen molar-refractivity contribution < 1.29 is 4.79 Å². The van der Waals surface area contributed by atoms with Gasteiger partial charge in [-0.25, -0.2) is 4.98 Å². The Balaban J connectivity index is 1.55. The smallest absolute Gasteiger partial charge is 0.232 e. The van der Waals surface area contributed by atoms with Crippen LogP contribution in [0.4, 0.5) is 0 Å². The van der Waals surface area contributed by atoms with Gasteiger partial charge in [0.05, 0.1) is 20.3 Å². The summed E-state index contributed by atoms with van der Waals surface area (Å²) in [5.74, 6) is 0.597. The van der Waals surface area contributed by atoms with Crippen LogP contribution in [0, 0.1) is 6.92 Å². The molecule has 3 aromatic rings. The van der Waals surface area contributed by atoms with E-state index in [-0.39, 0.29) is 5.91 Å². The molecule has 4 rings (SSSR count). The van der Waals surface area contributed by atoms with Crippen LogP contribution >= 0.6 is 34.4 Å². The Kier molecular flexibility index (Phi) is 5.52. The standard InChI is InChI=1S/C18H20N4OS3/c1-12-19-16-17(26-12)15(13-7-6-10-24-13)20-21-18(16)25-11-14(23)22-8-4-2-3-5-9-22/h6-7,10H,2-5,8-9,11H2,1H3. The lowest BCUT2D eigenvalue weighted by Gasteiger charge is -2.19. The number of carbonyl (C=O) groups is 1. The molecule has 0 radical (unpaired) electrons. The van der Waals surface area contributed by atoms with Gasteiger partial charge in [-0.2, -0.15) is 0 Å². The average molecular weight is 405 g/mol. The summed E-state index contributed by atoms with van der Waals surface area (Å²) < 4.78 is 1.06. The molecule has 136 valence electrons. The van der Waals surface area contributed by atoms with Crippen LogP contribution in [-0.4, -0.2) is 44.8 Å². The Morgan fingerprint density at radius 1 is 1.23 bits per heavy atom. The summed E-state index contributed by atoms with van der Waals surface area (Å²) in [5.41, 5.74) is 1.77. The van der Waals surface area contributed by atoms with Gasteiger partial charge in [0, 0.05) is 13.1 Å². The summed E-state index contributed by atoms with van der Waals surface area (Å²) in [7, 11) is 0. The number of carbonyl (C=O) groups excluding carboxylic acids is 1. The van der Waals surface area contributed by atoms with Gasteiger partial charge in [0.1, 0.15) is 16.2 Å². The van der Waals surface area contributed by atoms with Crippen molar-refractivity contribution in [2.45, 2.75) is 37.6 Å². The number of nitrogens with zero attached hydrogens (tertiary/aromatic N) is 4. The average Bonchev–Trinajstić information content (AvgIpc) is 3.22. The first-order chi connectivity index (χ1) is 12.7. The number of aryl methyl sites for hydroxylation is 1. The summed E-state index contributed by atoms with van der Waals surface area (Å²) in [5, 5.41) is 12.6. The number of thiophene rings is 1. The monoisotopic (exact) mass is 404 g/mol. The van der Waals surface area contributed by atoms with E-state index in [9.17, 15) is 4.79 Å². The second-order valence-corrected chi connectivity index (χ2v) is 9.44. The molecule has 1 amide bonds. The lowest BCUT2D eigenvalue weighted by molar-refractivity contribution is -0.128. The predicted molar refractivity (Wildman–Crippen MR) is 109 cm³/mol. The molecule has 4 heterocycles. The highest BCUT2D eigenvalue weighted by Crippen LogP contribution is 2.36. The fourth-order valence-corrected chi connectivity index (χ4v) is 5.72. The summed E-state index contributed by atoms with van der Waals surface area (Å²) >= 11 is 4.75. The van der Waals surface area contributed by atoms with Crippen molar-refractivity contribution in [1.29, 1.82) is 0 Å². The van der Waals surface area contributed by atoms with Crippen LogP contribution in [0.15, 0.2) is 22.5 Å². The quantitative estimate of drug-likeness (QED) is 0.594. The van der Waals surface area contributed by atoms with Crippen LogP contribution in [0.25, 0.3) is 20.8 Å². The zero-order chi connectivity index (χ0) is 17.9. The maximum absolute atomic E-state index is 12.6. The van der Waals surface area contributed by atoms with Crippen LogP contribution in [0.3, 0.4) is 0 Å². The summed E-state index contributed by atoms with van der Waals surface area (Å²) in [6.07, 6.45) is 4.68. The van der Waals surface area contributed by atoms with Crippen LogP contribution < -0.4 is 0 Å². The van der Waals surface area contributed by atoms with Crippen molar-refractivity contribution in [3.63, 3.8) is 0 Å². The SMILES string of the molecule is Cc1nc2c(SCC(=O)N3CCCCCC3)nnc(-c3cccs3)c2s1. The first kappa shape index (κ1) is 17.9. The summed E-state index contributed by atoms with van der Waals surface area (Å²) in [4.78, 5) is 20.3. The molecule has 0 aromatic carbocycles. The second kappa shape index (κ2) is 8.02. The highest BCUT2D eigenvalue weighted by Gasteiger charge is 2.19. The van der Waals surface area contributed by atoms with Crippen molar-refractivity contribution in [3.05, 3.63) is 22.5 Å². The van der Waals surface area contributed by atoms with Crippen molar-refractivity contribution in [2.24, 2.45) is 0 Å². The Hall–Kier alpha value is -1.51. The normalized spacial score (nSPS) is 15.3. The topological polar surface area (TPSA) is 59.0 Å². The number of hydrogen-bond acceptors (Lipinski definition) is 7. The van der Waals surface area contributed by atoms with Crippen LogP contribution in [0.2, 0.25) is 0 Å². The van der Waals surface area contributed by atoms with Gasteiger partial charge in [0.25, 0.3) is 0 Å². The molecule has 8 heteroatoms. The van der Waals surface area contributed by atoms with Crippen molar-refractivity contribution in [3.8, 4) is 10.6 Å². The van der Waals surface area contributed by atoms with Gasteiger partial charge in [0.15, 0.2) is 0 Å². The third-order valence-corrected chi connectivity index (χ3v) is 7.23. The Morgan fingerprint density at radius 2 is 2.04 bits per heavy atom. The van der Waals surface area contributed by atoms with E-state index in [2.05, 4.69) is 21.2 Å². The van der Waals surface area contributed by atoms with E-state index >= 15 is 0 Å². The third-order valence-electron chi connectivity index (χ3n) is 4.44. The molecule has 0 aliphatic carbocycles. The van der Waals surface area contributed by atoms with E-state index in [4.69, 9.17) is 0 Å². The van der Waals surface area contributed by atoms with E-state index in [0.717, 1.165) is 56.8 Å². The molecule has 1 aliphatic heterocycles. The Bertz CT molecular complexity index is 899. The fourth-order valence-electron chi connectivity index (χ4n) is 3.13. The summed E-state index contributed by atoms with van der Waals surface area (Å²) in [6.45, 7) is 3.76. The molecular formula is C18H20N4OS3. The fraction of sp³-hybridized carbons (Fsp3) is 0.444. The summed E-state index contributed by atoms with van der Waals surface area (Å²) in [6, 6.07) is 4.07. The molecule has 26 heavy (non-hydrogen) atoms. The van der Waals surface area contributed by atoms with E-state index in [0.29, 0.717) is 5.75 Å². The van der Waals surface area contributed by atoms with E-state index in [1.54, 1.807) is 22.7 Å². The zero-order valence-corrected chi connectivity index (χ0v) is 17.1. The largest absolute Gasteiger partial charge is 0.342 e. The van der Waals surface area contributed by atoms with Crippen molar-refractivity contribution >= 4 is 50.6 Å². The van der Waals surface area contributed by atoms with E-state index in [1.165, 1.54) is 24.6 Å². The van der Waals surface area contributed by atoms with Gasteiger partial charge < -0.3 is 4.90 Å². The Labute approximate surface area is 164 Å². The highest BCUT2D eigenvalue weighted by atomic mass is 32.2. The maximum atomic E-state index is 12.6. The minimum atomic E-state index is 0.195. The minimum absolute atomic E-state index is 0.195. The zero-order valence-electron chi connectivity index (χ0n) is 14.6. The number of hydrogen-bond donors (Lipinski definition) is 0. The molecule has 1 aliphatic rings. The molecule has 1 fully saturated rings. The molecule has 0 spiro atoms. The number of thioether (sulfide) groups is 1. The van der Waals surface area contributed by atoms with Crippen LogP contribution in [0.1, 0.15) is 30.7 Å².